The number of aliphatic hydroxyl groups excluding tert-OH is 1. The Bertz CT molecular complexity index is 720. The number of sulfonamides is 1. The van der Waals surface area contributed by atoms with Gasteiger partial charge in [0.2, 0.25) is 10.0 Å². The number of thiophene rings is 1. The Balaban J connectivity index is 2.20. The van der Waals surface area contributed by atoms with E-state index in [1.54, 1.807) is 6.92 Å². The molecule has 0 aliphatic carbocycles. The molecule has 0 amide bonds. The quantitative estimate of drug-likeness (QED) is 0.858. The lowest BCUT2D eigenvalue weighted by Gasteiger charge is -2.09. The molecule has 0 atom stereocenters. The lowest BCUT2D eigenvalue weighted by atomic mass is 10.1. The number of rotatable bonds is 6. The molecule has 0 unspecified atom stereocenters. The summed E-state index contributed by atoms with van der Waals surface area (Å²) in [5, 5.41) is 9.11. The fourth-order valence-corrected chi connectivity index (χ4v) is 4.69. The molecule has 0 fully saturated rings. The summed E-state index contributed by atoms with van der Waals surface area (Å²) >= 11 is 1.30. The average Bonchev–Trinajstić information content (AvgIpc) is 2.87. The molecule has 0 saturated carbocycles. The van der Waals surface area contributed by atoms with Crippen molar-refractivity contribution in [3.05, 3.63) is 51.2 Å². The Morgan fingerprint density at radius 1 is 1.24 bits per heavy atom. The lowest BCUT2D eigenvalue weighted by molar-refractivity contribution is 0.285. The minimum absolute atomic E-state index is 0.139. The second-order valence-electron chi connectivity index (χ2n) is 4.74. The van der Waals surface area contributed by atoms with Gasteiger partial charge in [-0.15, -0.1) is 11.3 Å². The number of aliphatic hydroxyl groups is 1. The first-order valence-electron chi connectivity index (χ1n) is 6.74. The fraction of sp³-hybridized carbons (Fsp3) is 0.333. The maximum Gasteiger partial charge on any atom is 0.241 e. The Morgan fingerprint density at radius 3 is 2.48 bits per heavy atom. The van der Waals surface area contributed by atoms with E-state index in [-0.39, 0.29) is 18.0 Å². The van der Waals surface area contributed by atoms with Crippen LogP contribution in [0.3, 0.4) is 0 Å². The van der Waals surface area contributed by atoms with Crippen LogP contribution in [0.4, 0.5) is 0 Å². The SMILES string of the molecule is CCc1ccccc1CNS(=O)(=O)c1cc(CO)sc1C. The average molecular weight is 325 g/mol. The van der Waals surface area contributed by atoms with E-state index in [4.69, 9.17) is 5.11 Å². The highest BCUT2D eigenvalue weighted by atomic mass is 32.2. The van der Waals surface area contributed by atoms with Crippen LogP contribution >= 0.6 is 11.3 Å². The number of hydrogen-bond acceptors (Lipinski definition) is 4. The van der Waals surface area contributed by atoms with Gasteiger partial charge < -0.3 is 5.11 Å². The molecule has 2 N–H and O–H groups in total. The van der Waals surface area contributed by atoms with Crippen molar-refractivity contribution in [3.63, 3.8) is 0 Å². The summed E-state index contributed by atoms with van der Waals surface area (Å²) in [6.07, 6.45) is 0.865. The summed E-state index contributed by atoms with van der Waals surface area (Å²) in [6.45, 7) is 3.93. The van der Waals surface area contributed by atoms with E-state index in [1.807, 2.05) is 31.2 Å². The van der Waals surface area contributed by atoms with Gasteiger partial charge in [-0.05, 0) is 30.5 Å². The van der Waals surface area contributed by atoms with Gasteiger partial charge in [-0.1, -0.05) is 31.2 Å². The monoisotopic (exact) mass is 325 g/mol. The van der Waals surface area contributed by atoms with E-state index in [9.17, 15) is 8.42 Å². The van der Waals surface area contributed by atoms with Gasteiger partial charge in [-0.2, -0.15) is 0 Å². The molecule has 0 aliphatic heterocycles. The van der Waals surface area contributed by atoms with Gasteiger partial charge in [-0.25, -0.2) is 13.1 Å². The zero-order valence-electron chi connectivity index (χ0n) is 12.1. The van der Waals surface area contributed by atoms with E-state index in [1.165, 1.54) is 17.4 Å². The van der Waals surface area contributed by atoms with Crippen LogP contribution in [0.15, 0.2) is 35.2 Å². The number of nitrogens with one attached hydrogen (secondary N) is 1. The van der Waals surface area contributed by atoms with Crippen LogP contribution in [0.25, 0.3) is 0 Å². The first-order chi connectivity index (χ1) is 9.97. The van der Waals surface area contributed by atoms with Crippen molar-refractivity contribution in [2.75, 3.05) is 0 Å². The molecule has 0 spiro atoms. The molecule has 114 valence electrons. The highest BCUT2D eigenvalue weighted by molar-refractivity contribution is 7.89. The molecule has 6 heteroatoms. The topological polar surface area (TPSA) is 66.4 Å². The third-order valence-electron chi connectivity index (χ3n) is 3.32. The van der Waals surface area contributed by atoms with Gasteiger partial charge in [0, 0.05) is 16.3 Å². The first kappa shape index (κ1) is 16.2. The van der Waals surface area contributed by atoms with E-state index < -0.39 is 10.0 Å². The van der Waals surface area contributed by atoms with Gasteiger partial charge >= 0.3 is 0 Å². The number of hydrogen-bond donors (Lipinski definition) is 2. The molecule has 1 aromatic heterocycles. The fourth-order valence-electron chi connectivity index (χ4n) is 2.19. The van der Waals surface area contributed by atoms with Crippen molar-refractivity contribution >= 4 is 21.4 Å². The van der Waals surface area contributed by atoms with Crippen molar-refractivity contribution in [1.82, 2.24) is 4.72 Å². The van der Waals surface area contributed by atoms with Gasteiger partial charge in [0.1, 0.15) is 0 Å². The van der Waals surface area contributed by atoms with Gasteiger partial charge in [0.15, 0.2) is 0 Å². The maximum atomic E-state index is 12.4. The van der Waals surface area contributed by atoms with E-state index in [0.29, 0.717) is 9.75 Å². The summed E-state index contributed by atoms with van der Waals surface area (Å²) in [4.78, 5) is 1.60. The molecular weight excluding hydrogens is 306 g/mol. The predicted octanol–water partition coefficient (Wildman–Crippen LogP) is 2.59. The Labute approximate surface area is 129 Å². The third kappa shape index (κ3) is 3.71. The minimum atomic E-state index is -3.55. The standard InChI is InChI=1S/C15H19NO3S2/c1-3-12-6-4-5-7-13(12)9-16-21(18,19)15-8-14(10-17)20-11(15)2/h4-8,16-17H,3,9-10H2,1-2H3. The van der Waals surface area contributed by atoms with E-state index in [2.05, 4.69) is 4.72 Å². The van der Waals surface area contributed by atoms with Crippen LogP contribution < -0.4 is 4.72 Å². The van der Waals surface area contributed by atoms with Crippen LogP contribution in [-0.2, 0) is 29.6 Å². The number of benzene rings is 1. The molecule has 1 aromatic carbocycles. The Kier molecular flexibility index (Phi) is 5.16. The molecule has 0 radical (unpaired) electrons. The molecule has 4 nitrogen and oxygen atoms in total. The molecule has 0 saturated heterocycles. The molecule has 1 heterocycles. The molecule has 2 rings (SSSR count). The lowest BCUT2D eigenvalue weighted by Crippen LogP contribution is -2.24. The largest absolute Gasteiger partial charge is 0.391 e. The van der Waals surface area contributed by atoms with Crippen molar-refractivity contribution in [2.45, 2.75) is 38.3 Å². The van der Waals surface area contributed by atoms with Gasteiger partial charge in [0.25, 0.3) is 0 Å². The van der Waals surface area contributed by atoms with E-state index in [0.717, 1.165) is 17.5 Å². The maximum absolute atomic E-state index is 12.4. The van der Waals surface area contributed by atoms with Crippen molar-refractivity contribution < 1.29 is 13.5 Å². The second-order valence-corrected chi connectivity index (χ2v) is 7.81. The summed E-state index contributed by atoms with van der Waals surface area (Å²) in [5.41, 5.74) is 2.12. The van der Waals surface area contributed by atoms with Crippen molar-refractivity contribution in [3.8, 4) is 0 Å². The molecule has 2 aromatic rings. The van der Waals surface area contributed by atoms with Gasteiger partial charge in [-0.3, -0.25) is 0 Å². The summed E-state index contributed by atoms with van der Waals surface area (Å²) < 4.78 is 27.4. The van der Waals surface area contributed by atoms with Crippen LogP contribution in [0.2, 0.25) is 0 Å². The van der Waals surface area contributed by atoms with E-state index >= 15 is 0 Å². The summed E-state index contributed by atoms with van der Waals surface area (Å²) in [6, 6.07) is 9.33. The van der Waals surface area contributed by atoms with Crippen LogP contribution in [-0.4, -0.2) is 13.5 Å². The number of aryl methyl sites for hydroxylation is 2. The molecule has 0 bridgehead atoms. The van der Waals surface area contributed by atoms with Crippen LogP contribution in [0, 0.1) is 6.92 Å². The zero-order chi connectivity index (χ0) is 15.5. The highest BCUT2D eigenvalue weighted by Crippen LogP contribution is 2.25. The smallest absolute Gasteiger partial charge is 0.241 e. The minimum Gasteiger partial charge on any atom is -0.391 e. The first-order valence-corrected chi connectivity index (χ1v) is 9.04. The Morgan fingerprint density at radius 2 is 1.90 bits per heavy atom. The van der Waals surface area contributed by atoms with Crippen LogP contribution in [0.5, 0.6) is 0 Å². The predicted molar refractivity (Wildman–Crippen MR) is 84.8 cm³/mol. The summed E-state index contributed by atoms with van der Waals surface area (Å²) in [5.74, 6) is 0. The van der Waals surface area contributed by atoms with Crippen molar-refractivity contribution in [2.24, 2.45) is 0 Å². The molecular formula is C15H19NO3S2. The Hall–Kier alpha value is -1.21. The van der Waals surface area contributed by atoms with Crippen molar-refractivity contribution in [1.29, 1.82) is 0 Å². The second kappa shape index (κ2) is 6.70. The molecule has 21 heavy (non-hydrogen) atoms. The third-order valence-corrected chi connectivity index (χ3v) is 6.01. The normalized spacial score (nSPS) is 11.8. The van der Waals surface area contributed by atoms with Gasteiger partial charge in [0.05, 0.1) is 11.5 Å². The van der Waals surface area contributed by atoms with Crippen LogP contribution in [0.1, 0.15) is 27.8 Å². The zero-order valence-corrected chi connectivity index (χ0v) is 13.7. The molecule has 0 aliphatic rings. The highest BCUT2D eigenvalue weighted by Gasteiger charge is 2.19. The summed E-state index contributed by atoms with van der Waals surface area (Å²) in [7, 11) is -3.55.